The fourth-order valence-corrected chi connectivity index (χ4v) is 12.3. The van der Waals surface area contributed by atoms with E-state index in [4.69, 9.17) is 24.2 Å². The smallest absolute Gasteiger partial charge is 0.408 e. The Hall–Kier alpha value is -5.12. The van der Waals surface area contributed by atoms with Crippen LogP contribution in [-0.2, 0) is 25.1 Å². The van der Waals surface area contributed by atoms with Gasteiger partial charge in [0.15, 0.2) is 5.13 Å². The number of anilines is 1. The van der Waals surface area contributed by atoms with Crippen LogP contribution in [0.15, 0.2) is 60.0 Å². The predicted molar refractivity (Wildman–Crippen MR) is 239 cm³/mol. The number of aromatic nitrogens is 2. The number of pyridine rings is 1. The van der Waals surface area contributed by atoms with Crippen LogP contribution < -0.4 is 25.4 Å². The highest BCUT2D eigenvalue weighted by molar-refractivity contribution is 7.59. The number of benzene rings is 2. The van der Waals surface area contributed by atoms with Gasteiger partial charge in [0.05, 0.1) is 31.0 Å². The summed E-state index contributed by atoms with van der Waals surface area (Å²) in [6, 6.07) is 8.26. The van der Waals surface area contributed by atoms with Gasteiger partial charge in [-0.05, 0) is 89.5 Å². The Labute approximate surface area is 375 Å². The molecule has 3 amide bonds. The first-order valence-corrected chi connectivity index (χ1v) is 24.8. The molecular formula is C46H55F2N6O8PS. The number of nitrogens with zero attached hydrogens (tertiary/aromatic N) is 3. The second-order valence-corrected chi connectivity index (χ2v) is 20.9. The molecule has 4 aromatic rings. The highest BCUT2D eigenvalue weighted by Gasteiger charge is 2.66. The molecule has 2 aromatic carbocycles. The van der Waals surface area contributed by atoms with E-state index in [0.717, 1.165) is 55.8 Å². The summed E-state index contributed by atoms with van der Waals surface area (Å²) in [6.07, 6.45) is 7.45. The molecule has 18 heteroatoms. The summed E-state index contributed by atoms with van der Waals surface area (Å²) < 4.78 is 62.4. The summed E-state index contributed by atoms with van der Waals surface area (Å²) in [5, 5.41) is 10.5. The molecule has 4 N–H and O–H groups in total. The van der Waals surface area contributed by atoms with Gasteiger partial charge in [-0.15, -0.1) is 11.3 Å². The van der Waals surface area contributed by atoms with Crippen molar-refractivity contribution in [3.05, 3.63) is 77.2 Å². The first-order chi connectivity index (χ1) is 30.7. The Morgan fingerprint density at radius 1 is 1.03 bits per heavy atom. The van der Waals surface area contributed by atoms with Crippen LogP contribution in [0.5, 0.6) is 11.5 Å². The van der Waals surface area contributed by atoms with Crippen molar-refractivity contribution < 1.29 is 46.8 Å². The van der Waals surface area contributed by atoms with Crippen molar-refractivity contribution in [1.29, 1.82) is 0 Å². The van der Waals surface area contributed by atoms with Crippen LogP contribution in [0.1, 0.15) is 90.0 Å². The second kappa shape index (κ2) is 19.2. The van der Waals surface area contributed by atoms with Crippen molar-refractivity contribution in [2.45, 2.75) is 126 Å². The molecule has 4 heterocycles. The van der Waals surface area contributed by atoms with E-state index in [2.05, 4.69) is 16.0 Å². The molecule has 2 saturated carbocycles. The molecule has 342 valence electrons. The molecule has 0 spiro atoms. The molecule has 0 bridgehead atoms. The fourth-order valence-electron chi connectivity index (χ4n) is 9.10. The maximum atomic E-state index is 14.9. The van der Waals surface area contributed by atoms with Crippen LogP contribution in [0.3, 0.4) is 0 Å². The molecule has 1 unspecified atom stereocenters. The van der Waals surface area contributed by atoms with Crippen LogP contribution in [0.4, 0.5) is 18.7 Å². The molecule has 3 fully saturated rings. The van der Waals surface area contributed by atoms with Gasteiger partial charge in [-0.1, -0.05) is 31.1 Å². The van der Waals surface area contributed by atoms with Crippen molar-refractivity contribution >= 4 is 52.6 Å². The third-order valence-electron chi connectivity index (χ3n) is 12.6. The maximum absolute atomic E-state index is 14.9. The van der Waals surface area contributed by atoms with Crippen LogP contribution in [0.2, 0.25) is 0 Å². The Kier molecular flexibility index (Phi) is 13.6. The van der Waals surface area contributed by atoms with Crippen molar-refractivity contribution in [1.82, 2.24) is 25.5 Å². The van der Waals surface area contributed by atoms with Crippen molar-refractivity contribution in [3.8, 4) is 22.9 Å². The minimum Gasteiger partial charge on any atom is -0.497 e. The zero-order valence-electron chi connectivity index (χ0n) is 36.2. The molecule has 2 aliphatic heterocycles. The number of methoxy groups -OCH3 is 1. The van der Waals surface area contributed by atoms with Crippen molar-refractivity contribution in [3.63, 3.8) is 0 Å². The molecule has 2 aromatic heterocycles. The Morgan fingerprint density at radius 2 is 1.80 bits per heavy atom. The number of amides is 3. The lowest BCUT2D eigenvalue weighted by Crippen LogP contribution is -2.55. The zero-order chi connectivity index (χ0) is 45.2. The van der Waals surface area contributed by atoms with E-state index in [0.29, 0.717) is 46.6 Å². The number of carbonyl (C=O) groups excluding carboxylic acids is 3. The van der Waals surface area contributed by atoms with Gasteiger partial charge in [0.1, 0.15) is 58.4 Å². The first kappa shape index (κ1) is 45.4. The van der Waals surface area contributed by atoms with Gasteiger partial charge < -0.3 is 40.0 Å². The molecule has 14 nitrogen and oxygen atoms in total. The summed E-state index contributed by atoms with van der Waals surface area (Å²) >= 11 is 1.44. The van der Waals surface area contributed by atoms with Gasteiger partial charge in [0, 0.05) is 46.8 Å². The molecule has 6 atom stereocenters. The summed E-state index contributed by atoms with van der Waals surface area (Å²) in [6.45, 7) is 3.96. The van der Waals surface area contributed by atoms with E-state index < -0.39 is 78.0 Å². The minimum absolute atomic E-state index is 0.0282. The van der Waals surface area contributed by atoms with E-state index in [1.54, 1.807) is 31.4 Å². The fraction of sp³-hybridized carbons (Fsp3) is 0.500. The van der Waals surface area contributed by atoms with Crippen LogP contribution in [0, 0.1) is 17.6 Å². The maximum Gasteiger partial charge on any atom is 0.408 e. The Bertz CT molecular complexity index is 2440. The summed E-state index contributed by atoms with van der Waals surface area (Å²) in [4.78, 5) is 65.8. The lowest BCUT2D eigenvalue weighted by molar-refractivity contribution is -0.140. The predicted octanol–water partition coefficient (Wildman–Crippen LogP) is 8.67. The average molecular weight is 921 g/mol. The lowest BCUT2D eigenvalue weighted by Gasteiger charge is -2.31. The molecule has 4 aliphatic rings. The number of nitrogens with one attached hydrogen (secondary N) is 3. The van der Waals surface area contributed by atoms with Gasteiger partial charge in [0.2, 0.25) is 19.2 Å². The minimum atomic E-state index is -4.59. The number of ether oxygens (including phenoxy) is 3. The number of rotatable bonds is 11. The number of halogens is 2. The standard InChI is InChI=1S/C46H55F2N6O8PS/c1-27(2)49-44-51-39(26-64-44)38-22-41(32-19-18-30(60-3)20-37(32)50-38)61-31-21-40-42(55)53-46(63(58,59)25-33-34(47)15-11-16-35(33)48)23-28(46)12-7-5-4-6-8-17-36(43(56)54(40)24-31)52-45(57)62-29-13-9-10-14-29/h7,11-12,15-16,18-20,22,26-29,31,36,40H,4-6,8-10,13-14,17,21,23-25H2,1-3H3,(H,49,51)(H,52,57)(H,53,55)(H,58,59)/t28-,31-,36+,40+,46+/m1/s1. The quantitative estimate of drug-likeness (QED) is 0.0835. The molecule has 1 saturated heterocycles. The zero-order valence-corrected chi connectivity index (χ0v) is 37.9. The Morgan fingerprint density at radius 3 is 2.55 bits per heavy atom. The largest absolute Gasteiger partial charge is 0.497 e. The number of alkyl carbamates (subject to hydrolysis) is 1. The third kappa shape index (κ3) is 9.91. The number of carbonyl (C=O) groups is 3. The first-order valence-electron chi connectivity index (χ1n) is 22.1. The normalized spacial score (nSPS) is 25.1. The molecule has 8 rings (SSSR count). The van der Waals surface area contributed by atoms with Gasteiger partial charge in [-0.2, -0.15) is 0 Å². The SMILES string of the molecule is COc1ccc2c(O[C@@H]3C[C@H]4C(=O)N[C@]5(P(=O)(O)Cc6c(F)cccc6F)C[C@H]5C=CCCCCC[C@H](NC(=O)OC5CCCC5)C(=O)N4C3)cc(-c3csc(NC(C)C)n3)nc2c1. The number of fused-ring (bicyclic) bond motifs is 3. The van der Waals surface area contributed by atoms with E-state index in [9.17, 15) is 32.6 Å². The van der Waals surface area contributed by atoms with Gasteiger partial charge in [0.25, 0.3) is 0 Å². The Balaban J connectivity index is 1.14. The summed E-state index contributed by atoms with van der Waals surface area (Å²) in [7, 11) is -3.04. The molecule has 2 aliphatic carbocycles. The molecular weight excluding hydrogens is 866 g/mol. The third-order valence-corrected chi connectivity index (χ3v) is 16.0. The van der Waals surface area contributed by atoms with Crippen LogP contribution in [0.25, 0.3) is 22.3 Å². The van der Waals surface area contributed by atoms with Gasteiger partial charge in [-0.25, -0.2) is 23.5 Å². The van der Waals surface area contributed by atoms with E-state index >= 15 is 0 Å². The average Bonchev–Trinajstić information content (AvgIpc) is 3.67. The van der Waals surface area contributed by atoms with Crippen molar-refractivity contribution in [2.24, 2.45) is 5.92 Å². The number of hydrogen-bond donors (Lipinski definition) is 4. The van der Waals surface area contributed by atoms with E-state index in [1.165, 1.54) is 22.3 Å². The highest BCUT2D eigenvalue weighted by Crippen LogP contribution is 2.71. The lowest BCUT2D eigenvalue weighted by atomic mass is 10.0. The second-order valence-electron chi connectivity index (χ2n) is 17.6. The summed E-state index contributed by atoms with van der Waals surface area (Å²) in [5.41, 5.74) is 1.15. The van der Waals surface area contributed by atoms with Gasteiger partial charge in [-0.3, -0.25) is 14.2 Å². The van der Waals surface area contributed by atoms with Crippen LogP contribution in [-0.4, -0.2) is 86.9 Å². The molecule has 0 radical (unpaired) electrons. The number of allylic oxidation sites excluding steroid dienone is 1. The topological polar surface area (TPSA) is 181 Å². The highest BCUT2D eigenvalue weighted by atomic mass is 32.1. The van der Waals surface area contributed by atoms with Gasteiger partial charge >= 0.3 is 6.09 Å². The number of thiazole rings is 1. The molecule has 64 heavy (non-hydrogen) atoms. The van der Waals surface area contributed by atoms with E-state index in [1.807, 2.05) is 31.4 Å². The summed E-state index contributed by atoms with van der Waals surface area (Å²) in [5.74, 6) is -2.80. The monoisotopic (exact) mass is 920 g/mol. The number of hydrogen-bond acceptors (Lipinski definition) is 11. The van der Waals surface area contributed by atoms with E-state index in [-0.39, 0.29) is 38.0 Å². The van der Waals surface area contributed by atoms with Crippen molar-refractivity contribution in [2.75, 3.05) is 19.0 Å². The van der Waals surface area contributed by atoms with Crippen LogP contribution >= 0.6 is 18.7 Å².